The highest BCUT2D eigenvalue weighted by atomic mass is 16.3. The monoisotopic (exact) mass is 144 g/mol. The molecule has 10 heavy (non-hydrogen) atoms. The van der Waals surface area contributed by atoms with Crippen LogP contribution < -0.4 is 11.5 Å². The molecule has 0 aromatic heterocycles. The molecule has 0 aliphatic rings. The second-order valence-corrected chi connectivity index (χ2v) is 2.36. The van der Waals surface area contributed by atoms with E-state index in [-0.39, 0.29) is 5.92 Å². The second-order valence-electron chi connectivity index (χ2n) is 2.36. The van der Waals surface area contributed by atoms with Gasteiger partial charge in [0.2, 0.25) is 0 Å². The minimum Gasteiger partial charge on any atom is -0.392 e. The average molecular weight is 144 g/mol. The number of hydrogen-bond donors (Lipinski definition) is 3. The lowest BCUT2D eigenvalue weighted by molar-refractivity contribution is 0.159. The van der Waals surface area contributed by atoms with Crippen LogP contribution in [0.3, 0.4) is 0 Å². The average Bonchev–Trinajstić information content (AvgIpc) is 1.99. The highest BCUT2D eigenvalue weighted by molar-refractivity contribution is 4.81. The van der Waals surface area contributed by atoms with Crippen LogP contribution in [0.1, 0.15) is 6.42 Å². The van der Waals surface area contributed by atoms with Gasteiger partial charge in [-0.2, -0.15) is 0 Å². The predicted molar refractivity (Wildman–Crippen MR) is 42.4 cm³/mol. The molecule has 0 spiro atoms. The Kier molecular flexibility index (Phi) is 5.20. The van der Waals surface area contributed by atoms with Gasteiger partial charge in [-0.25, -0.2) is 0 Å². The van der Waals surface area contributed by atoms with Crippen LogP contribution in [-0.2, 0) is 0 Å². The molecule has 0 saturated heterocycles. The van der Waals surface area contributed by atoms with Gasteiger partial charge < -0.3 is 16.6 Å². The van der Waals surface area contributed by atoms with Crippen LogP contribution in [0.5, 0.6) is 0 Å². The zero-order valence-electron chi connectivity index (χ0n) is 6.16. The first-order valence-corrected chi connectivity index (χ1v) is 3.45. The maximum absolute atomic E-state index is 9.06. The summed E-state index contributed by atoms with van der Waals surface area (Å²) in [7, 11) is 0. The maximum atomic E-state index is 9.06. The van der Waals surface area contributed by atoms with Crippen LogP contribution in [0.2, 0.25) is 0 Å². The zero-order chi connectivity index (χ0) is 7.98. The highest BCUT2D eigenvalue weighted by Crippen LogP contribution is 2.04. The second kappa shape index (κ2) is 5.41. The largest absolute Gasteiger partial charge is 0.392 e. The van der Waals surface area contributed by atoms with E-state index in [4.69, 9.17) is 16.6 Å². The summed E-state index contributed by atoms with van der Waals surface area (Å²) in [4.78, 5) is 0. The van der Waals surface area contributed by atoms with Crippen LogP contribution in [0.4, 0.5) is 0 Å². The Balaban J connectivity index is 3.51. The zero-order valence-corrected chi connectivity index (χ0v) is 6.16. The fourth-order valence-electron chi connectivity index (χ4n) is 0.734. The summed E-state index contributed by atoms with van der Waals surface area (Å²) in [5, 5.41) is 9.06. The third-order valence-electron chi connectivity index (χ3n) is 1.48. The summed E-state index contributed by atoms with van der Waals surface area (Å²) in [6.45, 7) is 4.41. The van der Waals surface area contributed by atoms with E-state index >= 15 is 0 Å². The van der Waals surface area contributed by atoms with Gasteiger partial charge in [-0.15, -0.1) is 6.58 Å². The molecule has 0 fully saturated rings. The van der Waals surface area contributed by atoms with Crippen LogP contribution in [0, 0.1) is 5.92 Å². The Hall–Kier alpha value is -0.380. The standard InChI is InChI=1S/C7H16N2O/c1-2-6(4-8)3-7(10)5-9/h2,6-7,10H,1,3-5,8-9H2. The number of aliphatic hydroxyl groups is 1. The van der Waals surface area contributed by atoms with Gasteiger partial charge in [-0.05, 0) is 18.9 Å². The van der Waals surface area contributed by atoms with Crippen molar-refractivity contribution in [1.29, 1.82) is 0 Å². The van der Waals surface area contributed by atoms with Crippen molar-refractivity contribution >= 4 is 0 Å². The Morgan fingerprint density at radius 3 is 2.30 bits per heavy atom. The van der Waals surface area contributed by atoms with Gasteiger partial charge in [0, 0.05) is 6.54 Å². The van der Waals surface area contributed by atoms with E-state index in [1.54, 1.807) is 6.08 Å². The molecule has 0 radical (unpaired) electrons. The van der Waals surface area contributed by atoms with Crippen molar-refractivity contribution < 1.29 is 5.11 Å². The highest BCUT2D eigenvalue weighted by Gasteiger charge is 2.07. The van der Waals surface area contributed by atoms with Crippen molar-refractivity contribution in [1.82, 2.24) is 0 Å². The quantitative estimate of drug-likeness (QED) is 0.454. The molecule has 0 heterocycles. The Morgan fingerprint density at radius 1 is 1.40 bits per heavy atom. The maximum Gasteiger partial charge on any atom is 0.0668 e. The molecular weight excluding hydrogens is 128 g/mol. The van der Waals surface area contributed by atoms with Crippen molar-refractivity contribution in [3.63, 3.8) is 0 Å². The molecule has 0 aromatic rings. The van der Waals surface area contributed by atoms with Crippen LogP contribution in [-0.4, -0.2) is 24.3 Å². The van der Waals surface area contributed by atoms with E-state index in [9.17, 15) is 0 Å². The SMILES string of the molecule is C=CC(CN)CC(O)CN. The fraction of sp³-hybridized carbons (Fsp3) is 0.714. The summed E-state index contributed by atoms with van der Waals surface area (Å²) in [5.41, 5.74) is 10.6. The van der Waals surface area contributed by atoms with Crippen LogP contribution >= 0.6 is 0 Å². The third kappa shape index (κ3) is 3.61. The molecule has 3 nitrogen and oxygen atoms in total. The summed E-state index contributed by atoms with van der Waals surface area (Å²) >= 11 is 0. The van der Waals surface area contributed by atoms with E-state index in [0.29, 0.717) is 19.5 Å². The molecule has 3 heteroatoms. The minimum atomic E-state index is -0.438. The lowest BCUT2D eigenvalue weighted by atomic mass is 10.0. The minimum absolute atomic E-state index is 0.193. The molecular formula is C7H16N2O. The molecule has 5 N–H and O–H groups in total. The molecule has 0 bridgehead atoms. The Labute approximate surface area is 61.7 Å². The van der Waals surface area contributed by atoms with Crippen molar-refractivity contribution in [2.45, 2.75) is 12.5 Å². The number of rotatable bonds is 5. The van der Waals surface area contributed by atoms with E-state index in [2.05, 4.69) is 6.58 Å². The summed E-state index contributed by atoms with van der Waals surface area (Å²) in [6, 6.07) is 0. The molecule has 0 saturated carbocycles. The number of nitrogens with two attached hydrogens (primary N) is 2. The van der Waals surface area contributed by atoms with E-state index < -0.39 is 6.10 Å². The van der Waals surface area contributed by atoms with Crippen molar-refractivity contribution in [3.05, 3.63) is 12.7 Å². The lowest BCUT2D eigenvalue weighted by Gasteiger charge is -2.12. The lowest BCUT2D eigenvalue weighted by Crippen LogP contribution is -2.25. The van der Waals surface area contributed by atoms with Gasteiger partial charge in [-0.1, -0.05) is 6.08 Å². The van der Waals surface area contributed by atoms with Gasteiger partial charge in [-0.3, -0.25) is 0 Å². The van der Waals surface area contributed by atoms with E-state index in [1.165, 1.54) is 0 Å². The first-order chi connectivity index (χ1) is 4.74. The van der Waals surface area contributed by atoms with Gasteiger partial charge >= 0.3 is 0 Å². The third-order valence-corrected chi connectivity index (χ3v) is 1.48. The van der Waals surface area contributed by atoms with Gasteiger partial charge in [0.15, 0.2) is 0 Å². The first-order valence-electron chi connectivity index (χ1n) is 3.45. The smallest absolute Gasteiger partial charge is 0.0668 e. The predicted octanol–water partition coefficient (Wildman–Crippen LogP) is -0.543. The van der Waals surface area contributed by atoms with Crippen molar-refractivity contribution in [2.75, 3.05) is 13.1 Å². The molecule has 2 unspecified atom stereocenters. The van der Waals surface area contributed by atoms with Gasteiger partial charge in [0.25, 0.3) is 0 Å². The summed E-state index contributed by atoms with van der Waals surface area (Å²) < 4.78 is 0. The summed E-state index contributed by atoms with van der Waals surface area (Å²) in [6.07, 6.45) is 1.93. The molecule has 0 aliphatic carbocycles. The van der Waals surface area contributed by atoms with Gasteiger partial charge in [0.1, 0.15) is 0 Å². The van der Waals surface area contributed by atoms with Crippen LogP contribution in [0.15, 0.2) is 12.7 Å². The van der Waals surface area contributed by atoms with E-state index in [0.717, 1.165) is 0 Å². The molecule has 0 amide bonds. The molecule has 0 aromatic carbocycles. The molecule has 60 valence electrons. The number of hydrogen-bond acceptors (Lipinski definition) is 3. The first kappa shape index (κ1) is 9.62. The summed E-state index contributed by atoms with van der Waals surface area (Å²) in [5.74, 6) is 0.193. The normalized spacial score (nSPS) is 16.3. The van der Waals surface area contributed by atoms with E-state index in [1.807, 2.05) is 0 Å². The number of aliphatic hydroxyl groups excluding tert-OH is 1. The Morgan fingerprint density at radius 2 is 2.00 bits per heavy atom. The van der Waals surface area contributed by atoms with Gasteiger partial charge in [0.05, 0.1) is 6.10 Å². The fourth-order valence-corrected chi connectivity index (χ4v) is 0.734. The topological polar surface area (TPSA) is 72.3 Å². The van der Waals surface area contributed by atoms with Crippen molar-refractivity contribution in [2.24, 2.45) is 17.4 Å². The molecule has 0 rings (SSSR count). The van der Waals surface area contributed by atoms with Crippen molar-refractivity contribution in [3.8, 4) is 0 Å². The Bertz CT molecular complexity index is 95.6. The molecule has 0 aliphatic heterocycles. The molecule has 2 atom stereocenters. The van der Waals surface area contributed by atoms with Crippen LogP contribution in [0.25, 0.3) is 0 Å².